The number of fused-ring (bicyclic) bond motifs is 1. The van der Waals surface area contributed by atoms with Crippen molar-refractivity contribution < 1.29 is 31.9 Å². The Morgan fingerprint density at radius 1 is 1.07 bits per heavy atom. The van der Waals surface area contributed by atoms with E-state index < -0.39 is 17.9 Å². The number of rotatable bonds is 6. The first-order valence-corrected chi connectivity index (χ1v) is 12.5. The molecule has 0 saturated carbocycles. The van der Waals surface area contributed by atoms with E-state index in [-0.39, 0.29) is 28.9 Å². The van der Waals surface area contributed by atoms with Crippen LogP contribution in [0.5, 0.6) is 0 Å². The lowest BCUT2D eigenvalue weighted by atomic mass is 10.1. The number of nitrogens with zero attached hydrogens (tertiary/aromatic N) is 2. The van der Waals surface area contributed by atoms with Crippen molar-refractivity contribution in [3.05, 3.63) is 89.1 Å². The summed E-state index contributed by atoms with van der Waals surface area (Å²) in [6.45, 7) is 1.43. The molecule has 6 rings (SSSR count). The predicted octanol–water partition coefficient (Wildman–Crippen LogP) is 6.41. The lowest BCUT2D eigenvalue weighted by Crippen LogP contribution is -2.05. The molecule has 0 atom stereocenters. The Bertz CT molecular complexity index is 1880. The standard InChI is InChI=1S/C29H21F3N6O4/c1-14-8-22(24(42-14)29(30,31)32)26-36-25(37-38-26)15-4-3-5-17(9-15)34-18-6-7-20-21(27(39)35-23(20)12-18)11-19-10-16(13-33-19)28(40)41-2/h3-13,33-34H,1-2H3,(H,35,39)(H,36,37,38)/b21-11-. The van der Waals surface area contributed by atoms with E-state index in [0.717, 1.165) is 0 Å². The van der Waals surface area contributed by atoms with Crippen molar-refractivity contribution in [1.29, 1.82) is 0 Å². The molecule has 0 aliphatic carbocycles. The Hall–Kier alpha value is -5.59. The number of aromatic nitrogens is 4. The third-order valence-corrected chi connectivity index (χ3v) is 6.49. The quantitative estimate of drug-likeness (QED) is 0.136. The molecule has 212 valence electrons. The molecule has 4 N–H and O–H groups in total. The van der Waals surface area contributed by atoms with Crippen LogP contribution >= 0.6 is 0 Å². The van der Waals surface area contributed by atoms with Crippen LogP contribution in [0.3, 0.4) is 0 Å². The predicted molar refractivity (Wildman–Crippen MR) is 148 cm³/mol. The lowest BCUT2D eigenvalue weighted by molar-refractivity contribution is -0.152. The van der Waals surface area contributed by atoms with Crippen LogP contribution in [0.15, 0.2) is 65.2 Å². The van der Waals surface area contributed by atoms with Gasteiger partial charge in [0.25, 0.3) is 5.91 Å². The summed E-state index contributed by atoms with van der Waals surface area (Å²) in [4.78, 5) is 31.6. The average Bonchev–Trinajstić information content (AvgIpc) is 3.75. The van der Waals surface area contributed by atoms with Gasteiger partial charge in [0.05, 0.1) is 29.5 Å². The monoisotopic (exact) mass is 574 g/mol. The normalized spacial score (nSPS) is 13.7. The second-order valence-electron chi connectivity index (χ2n) is 9.42. The van der Waals surface area contributed by atoms with Crippen LogP contribution in [-0.2, 0) is 15.7 Å². The van der Waals surface area contributed by atoms with Crippen molar-refractivity contribution in [2.45, 2.75) is 13.1 Å². The summed E-state index contributed by atoms with van der Waals surface area (Å²) in [5, 5.41) is 12.8. The van der Waals surface area contributed by atoms with Crippen molar-refractivity contribution in [3.8, 4) is 22.8 Å². The van der Waals surface area contributed by atoms with Crippen LogP contribution in [0.1, 0.15) is 33.1 Å². The molecule has 0 spiro atoms. The van der Waals surface area contributed by atoms with E-state index in [1.165, 1.54) is 26.3 Å². The molecule has 42 heavy (non-hydrogen) atoms. The average molecular weight is 575 g/mol. The summed E-state index contributed by atoms with van der Waals surface area (Å²) in [5.41, 5.74) is 4.31. The maximum atomic E-state index is 13.4. The van der Waals surface area contributed by atoms with Crippen LogP contribution in [0.4, 0.5) is 30.2 Å². The van der Waals surface area contributed by atoms with E-state index in [2.05, 4.69) is 30.8 Å². The zero-order valence-electron chi connectivity index (χ0n) is 22.0. The van der Waals surface area contributed by atoms with Gasteiger partial charge in [0.2, 0.25) is 5.76 Å². The summed E-state index contributed by atoms with van der Waals surface area (Å²) in [5.74, 6) is -1.67. The topological polar surface area (TPSA) is 138 Å². The molecule has 0 bridgehead atoms. The minimum absolute atomic E-state index is 0.0633. The summed E-state index contributed by atoms with van der Waals surface area (Å²) >= 11 is 0. The van der Waals surface area contributed by atoms with E-state index in [4.69, 9.17) is 9.15 Å². The van der Waals surface area contributed by atoms with Gasteiger partial charge < -0.3 is 24.8 Å². The Morgan fingerprint density at radius 3 is 2.67 bits per heavy atom. The molecule has 0 fully saturated rings. The Labute approximate surface area is 235 Å². The van der Waals surface area contributed by atoms with Crippen LogP contribution in [-0.4, -0.2) is 39.2 Å². The van der Waals surface area contributed by atoms with Gasteiger partial charge in [-0.2, -0.15) is 18.3 Å². The van der Waals surface area contributed by atoms with Crippen LogP contribution in [0, 0.1) is 6.92 Å². The van der Waals surface area contributed by atoms with E-state index >= 15 is 0 Å². The summed E-state index contributed by atoms with van der Waals surface area (Å²) in [7, 11) is 1.29. The Morgan fingerprint density at radius 2 is 1.88 bits per heavy atom. The summed E-state index contributed by atoms with van der Waals surface area (Å²) in [6, 6.07) is 15.3. The number of carbonyl (C=O) groups is 2. The number of H-pyrrole nitrogens is 2. The van der Waals surface area contributed by atoms with Gasteiger partial charge in [-0.15, -0.1) is 0 Å². The molecule has 1 aliphatic heterocycles. The van der Waals surface area contributed by atoms with Gasteiger partial charge in [0.1, 0.15) is 5.76 Å². The Balaban J connectivity index is 1.22. The molecule has 2 aromatic carbocycles. The fourth-order valence-electron chi connectivity index (χ4n) is 4.62. The number of carbonyl (C=O) groups excluding carboxylic acids is 2. The van der Waals surface area contributed by atoms with Crippen molar-refractivity contribution in [2.75, 3.05) is 17.7 Å². The van der Waals surface area contributed by atoms with E-state index in [0.29, 0.717) is 45.0 Å². The van der Waals surface area contributed by atoms with E-state index in [1.807, 2.05) is 0 Å². The molecule has 13 heteroatoms. The maximum Gasteiger partial charge on any atom is 0.450 e. The van der Waals surface area contributed by atoms with Gasteiger partial charge in [0.15, 0.2) is 11.6 Å². The number of alkyl halides is 3. The number of anilines is 3. The van der Waals surface area contributed by atoms with Crippen LogP contribution in [0.25, 0.3) is 34.4 Å². The molecule has 10 nitrogen and oxygen atoms in total. The highest BCUT2D eigenvalue weighted by molar-refractivity contribution is 6.35. The third kappa shape index (κ3) is 5.03. The fraction of sp³-hybridized carbons (Fsp3) is 0.103. The number of halogens is 3. The van der Waals surface area contributed by atoms with Crippen molar-refractivity contribution in [1.82, 2.24) is 20.2 Å². The zero-order chi connectivity index (χ0) is 29.6. The number of esters is 1. The molecule has 3 aromatic heterocycles. The van der Waals surface area contributed by atoms with E-state index in [9.17, 15) is 22.8 Å². The fourth-order valence-corrected chi connectivity index (χ4v) is 4.62. The molecule has 1 amide bonds. The minimum atomic E-state index is -4.68. The number of benzene rings is 2. The number of aromatic amines is 2. The number of amides is 1. The lowest BCUT2D eigenvalue weighted by Gasteiger charge is -2.09. The number of nitrogens with one attached hydrogen (secondary N) is 4. The smallest absolute Gasteiger partial charge is 0.450 e. The molecular formula is C29H21F3N6O4. The number of furan rings is 1. The van der Waals surface area contributed by atoms with Crippen LogP contribution in [0.2, 0.25) is 0 Å². The van der Waals surface area contributed by atoms with Crippen molar-refractivity contribution >= 4 is 40.6 Å². The highest BCUT2D eigenvalue weighted by atomic mass is 19.4. The van der Waals surface area contributed by atoms with Crippen molar-refractivity contribution in [3.63, 3.8) is 0 Å². The van der Waals surface area contributed by atoms with Gasteiger partial charge in [-0.3, -0.25) is 9.89 Å². The first kappa shape index (κ1) is 26.6. The first-order chi connectivity index (χ1) is 20.1. The number of hydrogen-bond acceptors (Lipinski definition) is 7. The molecule has 1 aliphatic rings. The SMILES string of the molecule is COC(=O)c1c[nH]c(/C=C2\C(=O)Nc3cc(Nc4cccc(-c5n[nH]c(-c6cc(C)oc6C(F)(F)F)n5)c4)ccc32)c1. The number of hydrogen-bond donors (Lipinski definition) is 4. The summed E-state index contributed by atoms with van der Waals surface area (Å²) in [6.07, 6.45) is -1.52. The first-order valence-electron chi connectivity index (χ1n) is 12.5. The van der Waals surface area contributed by atoms with Gasteiger partial charge in [-0.25, -0.2) is 9.78 Å². The minimum Gasteiger partial charge on any atom is -0.465 e. The maximum absolute atomic E-state index is 13.4. The highest BCUT2D eigenvalue weighted by Crippen LogP contribution is 2.39. The number of aryl methyl sites for hydroxylation is 1. The second-order valence-corrected chi connectivity index (χ2v) is 9.42. The number of methoxy groups -OCH3 is 1. The molecule has 0 radical (unpaired) electrons. The molecule has 5 aromatic rings. The van der Waals surface area contributed by atoms with E-state index in [1.54, 1.807) is 54.6 Å². The summed E-state index contributed by atoms with van der Waals surface area (Å²) < 4.78 is 49.7. The van der Waals surface area contributed by atoms with Gasteiger partial charge >= 0.3 is 12.1 Å². The van der Waals surface area contributed by atoms with Crippen LogP contribution < -0.4 is 10.6 Å². The van der Waals surface area contributed by atoms with Gasteiger partial charge in [-0.05, 0) is 49.4 Å². The Kier molecular flexibility index (Phi) is 6.41. The zero-order valence-corrected chi connectivity index (χ0v) is 22.0. The highest BCUT2D eigenvalue weighted by Gasteiger charge is 2.39. The molecule has 0 unspecified atom stereocenters. The largest absolute Gasteiger partial charge is 0.465 e. The third-order valence-electron chi connectivity index (χ3n) is 6.49. The second kappa shape index (κ2) is 10.1. The molecule has 4 heterocycles. The number of ether oxygens (including phenoxy) is 1. The molecular weight excluding hydrogens is 553 g/mol. The van der Waals surface area contributed by atoms with Gasteiger partial charge in [0, 0.05) is 34.4 Å². The molecule has 0 saturated heterocycles. The van der Waals surface area contributed by atoms with Gasteiger partial charge in [-0.1, -0.05) is 18.2 Å². The van der Waals surface area contributed by atoms with Crippen molar-refractivity contribution in [2.24, 2.45) is 0 Å².